The lowest BCUT2D eigenvalue weighted by atomic mass is 10.1. The van der Waals surface area contributed by atoms with E-state index < -0.39 is 0 Å². The number of aromatic nitrogens is 4. The summed E-state index contributed by atoms with van der Waals surface area (Å²) in [7, 11) is 1.72. The molecule has 0 saturated carbocycles. The fourth-order valence-electron chi connectivity index (χ4n) is 2.85. The molecule has 0 unspecified atom stereocenters. The first kappa shape index (κ1) is 20.6. The number of fused-ring (bicyclic) bond motifs is 1. The van der Waals surface area contributed by atoms with E-state index in [-0.39, 0.29) is 30.4 Å². The summed E-state index contributed by atoms with van der Waals surface area (Å²) in [6, 6.07) is 9.95. The second-order valence-electron chi connectivity index (χ2n) is 6.09. The number of benzene rings is 1. The zero-order chi connectivity index (χ0) is 18.5. The maximum absolute atomic E-state index is 12.7. The Labute approximate surface area is 163 Å². The highest BCUT2D eigenvalue weighted by Gasteiger charge is 2.16. The first-order valence-electron chi connectivity index (χ1n) is 8.49. The first-order valence-corrected chi connectivity index (χ1v) is 8.49. The number of amides is 1. The van der Waals surface area contributed by atoms with Crippen molar-refractivity contribution >= 4 is 29.3 Å². The van der Waals surface area contributed by atoms with Crippen molar-refractivity contribution < 1.29 is 4.79 Å². The van der Waals surface area contributed by atoms with Gasteiger partial charge in [0.1, 0.15) is 18.3 Å². The van der Waals surface area contributed by atoms with Gasteiger partial charge >= 0.3 is 0 Å². The van der Waals surface area contributed by atoms with Crippen molar-refractivity contribution in [3.8, 4) is 0 Å². The summed E-state index contributed by atoms with van der Waals surface area (Å²) in [5.74, 6) is -0.154. The first-order chi connectivity index (χ1) is 12.6. The number of rotatable bonds is 7. The Morgan fingerprint density at radius 1 is 1.22 bits per heavy atom. The summed E-state index contributed by atoms with van der Waals surface area (Å²) >= 11 is 0. The highest BCUT2D eigenvalue weighted by atomic mass is 35.5. The summed E-state index contributed by atoms with van der Waals surface area (Å²) in [6.45, 7) is 1.31. The minimum absolute atomic E-state index is 0. The molecule has 27 heavy (non-hydrogen) atoms. The molecule has 0 saturated heterocycles. The number of hydrogen-bond acceptors (Lipinski definition) is 5. The number of nitrogens with two attached hydrogens (primary N) is 1. The monoisotopic (exact) mass is 390 g/mol. The summed E-state index contributed by atoms with van der Waals surface area (Å²) < 4.78 is 2.85. The van der Waals surface area contributed by atoms with Crippen molar-refractivity contribution in [2.24, 2.45) is 12.8 Å². The van der Waals surface area contributed by atoms with Crippen LogP contribution in [0.5, 0.6) is 0 Å². The Morgan fingerprint density at radius 2 is 1.96 bits per heavy atom. The maximum atomic E-state index is 12.7. The molecule has 0 bridgehead atoms. The number of halogens is 1. The van der Waals surface area contributed by atoms with Crippen LogP contribution >= 0.6 is 12.4 Å². The molecule has 0 spiro atoms. The van der Waals surface area contributed by atoms with Gasteiger partial charge in [0.05, 0.1) is 6.20 Å². The number of carbonyl (C=O) groups excluding carboxylic acids is 1. The quantitative estimate of drug-likeness (QED) is 0.636. The van der Waals surface area contributed by atoms with Crippen molar-refractivity contribution in [1.82, 2.24) is 24.2 Å². The lowest BCUT2D eigenvalue weighted by molar-refractivity contribution is -0.131. The van der Waals surface area contributed by atoms with E-state index in [1.807, 2.05) is 30.3 Å². The molecule has 1 amide bonds. The number of hydrogen-bond donors (Lipinski definition) is 1. The predicted molar refractivity (Wildman–Crippen MR) is 106 cm³/mol. The Morgan fingerprint density at radius 3 is 2.67 bits per heavy atom. The highest BCUT2D eigenvalue weighted by Crippen LogP contribution is 2.05. The maximum Gasteiger partial charge on any atom is 0.264 e. The van der Waals surface area contributed by atoms with Crippen LogP contribution in [-0.4, -0.2) is 49.8 Å². The number of aryl methyl sites for hydroxylation is 1. The van der Waals surface area contributed by atoms with E-state index in [0.29, 0.717) is 30.7 Å². The van der Waals surface area contributed by atoms with Crippen molar-refractivity contribution in [1.29, 1.82) is 0 Å². The largest absolute Gasteiger partial charge is 0.340 e. The topological polar surface area (TPSA) is 99.0 Å². The van der Waals surface area contributed by atoms with E-state index >= 15 is 0 Å². The Balaban J connectivity index is 0.00000261. The fraction of sp³-hybridized carbons (Fsp3) is 0.333. The highest BCUT2D eigenvalue weighted by molar-refractivity contribution is 5.85. The Kier molecular flexibility index (Phi) is 7.09. The Hall–Kier alpha value is -2.71. The van der Waals surface area contributed by atoms with Crippen LogP contribution < -0.4 is 11.3 Å². The fourth-order valence-corrected chi connectivity index (χ4v) is 2.85. The van der Waals surface area contributed by atoms with Gasteiger partial charge in [0, 0.05) is 26.7 Å². The summed E-state index contributed by atoms with van der Waals surface area (Å²) in [5, 5.41) is 4.43. The van der Waals surface area contributed by atoms with E-state index in [0.717, 1.165) is 12.0 Å². The van der Waals surface area contributed by atoms with Gasteiger partial charge in [-0.05, 0) is 12.0 Å². The average molecular weight is 391 g/mol. The van der Waals surface area contributed by atoms with Gasteiger partial charge in [0.15, 0.2) is 5.65 Å². The minimum atomic E-state index is -0.271. The third-order valence-corrected chi connectivity index (χ3v) is 4.29. The zero-order valence-electron chi connectivity index (χ0n) is 15.1. The summed E-state index contributed by atoms with van der Waals surface area (Å²) in [4.78, 5) is 31.1. The van der Waals surface area contributed by atoms with E-state index in [2.05, 4.69) is 10.1 Å². The molecule has 2 N–H and O–H groups in total. The molecule has 0 fully saturated rings. The van der Waals surface area contributed by atoms with Crippen molar-refractivity contribution in [3.05, 3.63) is 58.8 Å². The molecule has 0 atom stereocenters. The molecule has 0 aliphatic heterocycles. The van der Waals surface area contributed by atoms with Crippen molar-refractivity contribution in [2.75, 3.05) is 19.6 Å². The Bertz CT molecular complexity index is 953. The van der Waals surface area contributed by atoms with Crippen LogP contribution in [0.25, 0.3) is 11.0 Å². The van der Waals surface area contributed by atoms with Crippen LogP contribution in [0.1, 0.15) is 5.56 Å². The molecule has 0 radical (unpaired) electrons. The molecule has 0 aliphatic carbocycles. The molecule has 3 rings (SSSR count). The zero-order valence-corrected chi connectivity index (χ0v) is 15.9. The molecule has 9 heteroatoms. The van der Waals surface area contributed by atoms with Crippen LogP contribution in [-0.2, 0) is 24.8 Å². The molecular weight excluding hydrogens is 368 g/mol. The molecule has 0 aliphatic rings. The van der Waals surface area contributed by atoms with Gasteiger partial charge in [-0.3, -0.25) is 18.8 Å². The van der Waals surface area contributed by atoms with Gasteiger partial charge in [-0.25, -0.2) is 4.98 Å². The minimum Gasteiger partial charge on any atom is -0.340 e. The molecule has 8 nitrogen and oxygen atoms in total. The smallest absolute Gasteiger partial charge is 0.264 e. The lowest BCUT2D eigenvalue weighted by Gasteiger charge is -2.22. The molecule has 3 aromatic rings. The van der Waals surface area contributed by atoms with Crippen molar-refractivity contribution in [2.45, 2.75) is 13.0 Å². The SMILES string of the molecule is Cl.Cn1ncc2c(=O)n(CC(=O)N(CCN)CCc3ccccc3)cnc21. The van der Waals surface area contributed by atoms with Crippen LogP contribution in [0.2, 0.25) is 0 Å². The predicted octanol–water partition coefficient (Wildman–Crippen LogP) is 0.582. The van der Waals surface area contributed by atoms with Crippen LogP contribution in [0.3, 0.4) is 0 Å². The third kappa shape index (κ3) is 4.72. The van der Waals surface area contributed by atoms with Gasteiger partial charge in [-0.1, -0.05) is 30.3 Å². The molecule has 1 aromatic carbocycles. The van der Waals surface area contributed by atoms with Crippen LogP contribution in [0.4, 0.5) is 0 Å². The summed E-state index contributed by atoms with van der Waals surface area (Å²) in [6.07, 6.45) is 3.60. The summed E-state index contributed by atoms with van der Waals surface area (Å²) in [5.41, 5.74) is 7.03. The van der Waals surface area contributed by atoms with Crippen molar-refractivity contribution in [3.63, 3.8) is 0 Å². The second-order valence-corrected chi connectivity index (χ2v) is 6.09. The van der Waals surface area contributed by atoms with Gasteiger partial charge in [0.2, 0.25) is 5.91 Å². The van der Waals surface area contributed by atoms with Gasteiger partial charge in [-0.15, -0.1) is 12.4 Å². The molecule has 2 aromatic heterocycles. The van der Waals surface area contributed by atoms with E-state index in [4.69, 9.17) is 5.73 Å². The van der Waals surface area contributed by atoms with Crippen LogP contribution in [0, 0.1) is 0 Å². The van der Waals surface area contributed by atoms with Gasteiger partial charge in [-0.2, -0.15) is 5.10 Å². The van der Waals surface area contributed by atoms with Crippen LogP contribution in [0.15, 0.2) is 47.7 Å². The van der Waals surface area contributed by atoms with E-state index in [1.165, 1.54) is 21.8 Å². The lowest BCUT2D eigenvalue weighted by Crippen LogP contribution is -2.40. The normalized spacial score (nSPS) is 10.6. The number of carbonyl (C=O) groups is 1. The molecular formula is C18H23ClN6O2. The standard InChI is InChI=1S/C18H22N6O2.ClH/c1-22-17-15(11-21-22)18(26)24(13-20-17)12-16(25)23(10-8-19)9-7-14-5-3-2-4-6-14;/h2-6,11,13H,7-10,12,19H2,1H3;1H. The van der Waals surface area contributed by atoms with E-state index in [9.17, 15) is 9.59 Å². The van der Waals surface area contributed by atoms with E-state index in [1.54, 1.807) is 11.9 Å². The third-order valence-electron chi connectivity index (χ3n) is 4.29. The second kappa shape index (κ2) is 9.29. The molecule has 144 valence electrons. The number of nitrogens with zero attached hydrogens (tertiary/aromatic N) is 5. The van der Waals surface area contributed by atoms with Gasteiger partial charge in [0.25, 0.3) is 5.56 Å². The molecule has 2 heterocycles. The average Bonchev–Trinajstić information content (AvgIpc) is 3.03. The van der Waals surface area contributed by atoms with Gasteiger partial charge < -0.3 is 10.6 Å².